The Morgan fingerprint density at radius 1 is 1.43 bits per heavy atom. The molecule has 0 spiro atoms. The molecule has 0 radical (unpaired) electrons. The van der Waals surface area contributed by atoms with Crippen LogP contribution in [0.3, 0.4) is 0 Å². The summed E-state index contributed by atoms with van der Waals surface area (Å²) in [6, 6.07) is 3.19. The molecule has 5 heteroatoms. The van der Waals surface area contributed by atoms with Crippen molar-refractivity contribution in [2.24, 2.45) is 0 Å². The van der Waals surface area contributed by atoms with Crippen LogP contribution in [-0.4, -0.2) is 24.0 Å². The predicted molar refractivity (Wildman–Crippen MR) is 53.0 cm³/mol. The number of piperazine rings is 1. The van der Waals surface area contributed by atoms with Crippen molar-refractivity contribution in [3.05, 3.63) is 29.0 Å². The molecule has 1 aliphatic heterocycles. The Balaban J connectivity index is 2.20. The Kier molecular flexibility index (Phi) is 2.65. The summed E-state index contributed by atoms with van der Waals surface area (Å²) in [5.41, 5.74) is 0.839. The number of rotatable bonds is 1. The summed E-state index contributed by atoms with van der Waals surface area (Å²) < 4.78 is 0. The standard InChI is InChI=1S/C9H10ClN3O/c10-7-2-1-6(5-13-7)8-9(14)12-4-3-11-8/h1-2,5,8,11H,3-4H2,(H,12,14). The third-order valence-electron chi connectivity index (χ3n) is 2.12. The van der Waals surface area contributed by atoms with E-state index in [0.29, 0.717) is 11.7 Å². The highest BCUT2D eigenvalue weighted by atomic mass is 35.5. The maximum atomic E-state index is 11.4. The fourth-order valence-corrected chi connectivity index (χ4v) is 1.54. The number of hydrogen-bond acceptors (Lipinski definition) is 3. The number of amides is 1. The van der Waals surface area contributed by atoms with Gasteiger partial charge in [0.05, 0.1) is 0 Å². The normalized spacial score (nSPS) is 21.8. The largest absolute Gasteiger partial charge is 0.353 e. The van der Waals surface area contributed by atoms with E-state index in [1.807, 2.05) is 0 Å². The fourth-order valence-electron chi connectivity index (χ4n) is 1.42. The lowest BCUT2D eigenvalue weighted by Gasteiger charge is -2.23. The number of pyridine rings is 1. The lowest BCUT2D eigenvalue weighted by Crippen LogP contribution is -2.47. The molecular weight excluding hydrogens is 202 g/mol. The van der Waals surface area contributed by atoms with Gasteiger partial charge in [-0.3, -0.25) is 4.79 Å². The van der Waals surface area contributed by atoms with Crippen LogP contribution in [-0.2, 0) is 4.79 Å². The van der Waals surface area contributed by atoms with Crippen LogP contribution < -0.4 is 10.6 Å². The van der Waals surface area contributed by atoms with Crippen LogP contribution in [0.2, 0.25) is 5.15 Å². The SMILES string of the molecule is O=C1NCCNC1c1ccc(Cl)nc1. The van der Waals surface area contributed by atoms with Crippen LogP contribution in [0.25, 0.3) is 0 Å². The Hall–Kier alpha value is -1.13. The Morgan fingerprint density at radius 3 is 2.93 bits per heavy atom. The molecule has 0 bridgehead atoms. The Labute approximate surface area is 86.7 Å². The van der Waals surface area contributed by atoms with E-state index in [-0.39, 0.29) is 11.9 Å². The monoisotopic (exact) mass is 211 g/mol. The summed E-state index contributed by atoms with van der Waals surface area (Å²) in [6.07, 6.45) is 1.62. The van der Waals surface area contributed by atoms with E-state index in [9.17, 15) is 4.79 Å². The number of nitrogens with zero attached hydrogens (tertiary/aromatic N) is 1. The van der Waals surface area contributed by atoms with E-state index in [1.165, 1.54) is 0 Å². The summed E-state index contributed by atoms with van der Waals surface area (Å²) in [4.78, 5) is 15.4. The zero-order chi connectivity index (χ0) is 9.97. The average Bonchev–Trinajstić information content (AvgIpc) is 2.20. The van der Waals surface area contributed by atoms with E-state index in [4.69, 9.17) is 11.6 Å². The highest BCUT2D eigenvalue weighted by Crippen LogP contribution is 2.15. The first-order valence-corrected chi connectivity index (χ1v) is 4.78. The zero-order valence-electron chi connectivity index (χ0n) is 7.46. The predicted octanol–water partition coefficient (Wildman–Crippen LogP) is 0.495. The number of halogens is 1. The second-order valence-corrected chi connectivity index (χ2v) is 3.48. The smallest absolute Gasteiger partial charge is 0.241 e. The van der Waals surface area contributed by atoms with Gasteiger partial charge in [0.2, 0.25) is 5.91 Å². The summed E-state index contributed by atoms with van der Waals surface area (Å²) in [5, 5.41) is 6.33. The van der Waals surface area contributed by atoms with Crippen LogP contribution >= 0.6 is 11.6 Å². The molecule has 1 aromatic rings. The van der Waals surface area contributed by atoms with Crippen LogP contribution in [0.1, 0.15) is 11.6 Å². The van der Waals surface area contributed by atoms with Crippen molar-refractivity contribution in [1.82, 2.24) is 15.6 Å². The molecule has 1 atom stereocenters. The Morgan fingerprint density at radius 2 is 2.29 bits per heavy atom. The van der Waals surface area contributed by atoms with Gasteiger partial charge in [-0.15, -0.1) is 0 Å². The van der Waals surface area contributed by atoms with Crippen LogP contribution in [0.4, 0.5) is 0 Å². The minimum atomic E-state index is -0.298. The van der Waals surface area contributed by atoms with Gasteiger partial charge in [0.15, 0.2) is 0 Å². The molecule has 74 valence electrons. The summed E-state index contributed by atoms with van der Waals surface area (Å²) in [6.45, 7) is 1.45. The molecule has 1 fully saturated rings. The third kappa shape index (κ3) is 1.86. The summed E-state index contributed by atoms with van der Waals surface area (Å²) in [7, 11) is 0. The van der Waals surface area contributed by atoms with Crippen LogP contribution in [0.15, 0.2) is 18.3 Å². The summed E-state index contributed by atoms with van der Waals surface area (Å²) >= 11 is 5.65. The van der Waals surface area contributed by atoms with Gasteiger partial charge in [0, 0.05) is 19.3 Å². The van der Waals surface area contributed by atoms with E-state index >= 15 is 0 Å². The molecule has 0 aliphatic carbocycles. The quantitative estimate of drug-likeness (QED) is 0.665. The first-order valence-electron chi connectivity index (χ1n) is 4.40. The fraction of sp³-hybridized carbons (Fsp3) is 0.333. The molecule has 2 N–H and O–H groups in total. The maximum Gasteiger partial charge on any atom is 0.241 e. The lowest BCUT2D eigenvalue weighted by molar-refractivity contribution is -0.124. The molecule has 2 rings (SSSR count). The zero-order valence-corrected chi connectivity index (χ0v) is 8.21. The van der Waals surface area contributed by atoms with Gasteiger partial charge in [0.25, 0.3) is 0 Å². The molecule has 14 heavy (non-hydrogen) atoms. The highest BCUT2D eigenvalue weighted by Gasteiger charge is 2.22. The van der Waals surface area contributed by atoms with Crippen molar-refractivity contribution in [3.8, 4) is 0 Å². The van der Waals surface area contributed by atoms with Crippen molar-refractivity contribution in [1.29, 1.82) is 0 Å². The van der Waals surface area contributed by atoms with E-state index in [2.05, 4.69) is 15.6 Å². The lowest BCUT2D eigenvalue weighted by atomic mass is 10.1. The van der Waals surface area contributed by atoms with Crippen LogP contribution in [0.5, 0.6) is 0 Å². The minimum absolute atomic E-state index is 0.0135. The molecule has 4 nitrogen and oxygen atoms in total. The molecule has 1 aromatic heterocycles. The minimum Gasteiger partial charge on any atom is -0.353 e. The first-order chi connectivity index (χ1) is 6.77. The molecule has 1 saturated heterocycles. The molecule has 0 saturated carbocycles. The topological polar surface area (TPSA) is 54.0 Å². The van der Waals surface area contributed by atoms with E-state index < -0.39 is 0 Å². The van der Waals surface area contributed by atoms with E-state index in [0.717, 1.165) is 12.1 Å². The van der Waals surface area contributed by atoms with Crippen molar-refractivity contribution in [3.63, 3.8) is 0 Å². The third-order valence-corrected chi connectivity index (χ3v) is 2.34. The molecule has 1 amide bonds. The highest BCUT2D eigenvalue weighted by molar-refractivity contribution is 6.29. The molecule has 1 aliphatic rings. The van der Waals surface area contributed by atoms with Gasteiger partial charge >= 0.3 is 0 Å². The number of aromatic nitrogens is 1. The van der Waals surface area contributed by atoms with Gasteiger partial charge in [-0.1, -0.05) is 17.7 Å². The van der Waals surface area contributed by atoms with Gasteiger partial charge in [-0.2, -0.15) is 0 Å². The molecule has 0 aromatic carbocycles. The van der Waals surface area contributed by atoms with Gasteiger partial charge in [-0.05, 0) is 11.6 Å². The van der Waals surface area contributed by atoms with Gasteiger partial charge in [0.1, 0.15) is 11.2 Å². The Bertz CT molecular complexity index is 338. The number of carbonyl (C=O) groups is 1. The van der Waals surface area contributed by atoms with Crippen molar-refractivity contribution in [2.75, 3.05) is 13.1 Å². The van der Waals surface area contributed by atoms with Crippen molar-refractivity contribution >= 4 is 17.5 Å². The average molecular weight is 212 g/mol. The second-order valence-electron chi connectivity index (χ2n) is 3.09. The van der Waals surface area contributed by atoms with Crippen LogP contribution in [0, 0.1) is 0 Å². The first kappa shape index (κ1) is 9.43. The van der Waals surface area contributed by atoms with Gasteiger partial charge < -0.3 is 10.6 Å². The molecular formula is C9H10ClN3O. The number of hydrogen-bond donors (Lipinski definition) is 2. The van der Waals surface area contributed by atoms with Gasteiger partial charge in [-0.25, -0.2) is 4.98 Å². The number of nitrogens with one attached hydrogen (secondary N) is 2. The second kappa shape index (κ2) is 3.94. The van der Waals surface area contributed by atoms with Crippen molar-refractivity contribution in [2.45, 2.75) is 6.04 Å². The van der Waals surface area contributed by atoms with Crippen molar-refractivity contribution < 1.29 is 4.79 Å². The number of carbonyl (C=O) groups excluding carboxylic acids is 1. The van der Waals surface area contributed by atoms with E-state index in [1.54, 1.807) is 18.3 Å². The molecule has 1 unspecified atom stereocenters. The summed E-state index contributed by atoms with van der Waals surface area (Å²) in [5.74, 6) is -0.0135. The maximum absolute atomic E-state index is 11.4. The molecule has 2 heterocycles.